The molecular weight excluding hydrogens is 463 g/mol. The van der Waals surface area contributed by atoms with E-state index >= 15 is 0 Å². The normalized spacial score (nSPS) is 19.5. The van der Waals surface area contributed by atoms with Gasteiger partial charge in [0, 0.05) is 20.2 Å². The Bertz CT molecular complexity index is 980. The maximum atomic E-state index is 13.1. The molecule has 3 N–H and O–H groups in total. The van der Waals surface area contributed by atoms with E-state index in [4.69, 9.17) is 21.4 Å². The van der Waals surface area contributed by atoms with Gasteiger partial charge in [-0.25, -0.2) is 14.8 Å². The summed E-state index contributed by atoms with van der Waals surface area (Å²) in [4.78, 5) is 34.7. The van der Waals surface area contributed by atoms with Crippen molar-refractivity contribution >= 4 is 39.9 Å². The summed E-state index contributed by atoms with van der Waals surface area (Å²) in [7, 11) is 1.41. The van der Waals surface area contributed by atoms with Crippen LogP contribution in [0.5, 0.6) is 0 Å². The molecule has 2 atom stereocenters. The number of carbonyl (C=O) groups excluding carboxylic acids is 1. The van der Waals surface area contributed by atoms with Crippen LogP contribution in [0, 0.1) is 0 Å². The third-order valence-corrected chi connectivity index (χ3v) is 6.24. The first-order valence-electron chi connectivity index (χ1n) is 9.19. The van der Waals surface area contributed by atoms with Crippen LogP contribution in [0.15, 0.2) is 0 Å². The number of thiazole rings is 1. The summed E-state index contributed by atoms with van der Waals surface area (Å²) >= 11 is 6.42. The largest absolute Gasteiger partial charge is 0.477 e. The number of hydrogen-bond donors (Lipinski definition) is 3. The first-order chi connectivity index (χ1) is 14.5. The standard InChI is InChI=1S/C17H19ClF3N5O4S/c1-3-7-12(18)25-13(22-7)14(27)23-8-4-5-26(6-9(8)30-2)16-24-11(17(19,20)21)10(31-16)15(28)29/h8-9H,3-6H2,1-2H3,(H,22,25)(H,23,27)(H,28,29)/t8-,9+/m0/s1. The molecule has 1 amide bonds. The number of anilines is 1. The van der Waals surface area contributed by atoms with Gasteiger partial charge in [0.2, 0.25) is 0 Å². The average molecular weight is 482 g/mol. The van der Waals surface area contributed by atoms with Crippen LogP contribution in [0.1, 0.15) is 45.0 Å². The highest BCUT2D eigenvalue weighted by atomic mass is 35.5. The predicted octanol–water partition coefficient (Wildman–Crippen LogP) is 2.82. The number of imidazole rings is 1. The first kappa shape index (κ1) is 23.3. The Morgan fingerprint density at radius 1 is 1.42 bits per heavy atom. The van der Waals surface area contributed by atoms with Gasteiger partial charge in [0.1, 0.15) is 4.88 Å². The molecule has 0 unspecified atom stereocenters. The SMILES string of the molecule is CCc1[nH]c(C(=O)N[C@H]2CCN(c3nc(C(F)(F)F)c(C(=O)O)s3)C[C@H]2OC)nc1Cl. The number of nitrogens with zero attached hydrogens (tertiary/aromatic N) is 3. The van der Waals surface area contributed by atoms with E-state index in [1.54, 1.807) is 0 Å². The smallest absolute Gasteiger partial charge is 0.435 e. The maximum Gasteiger partial charge on any atom is 0.435 e. The van der Waals surface area contributed by atoms with Crippen LogP contribution >= 0.6 is 22.9 Å². The number of ether oxygens (including phenoxy) is 1. The van der Waals surface area contributed by atoms with Crippen molar-refractivity contribution in [3.05, 3.63) is 27.2 Å². The van der Waals surface area contributed by atoms with Gasteiger partial charge in [0.15, 0.2) is 21.8 Å². The van der Waals surface area contributed by atoms with Crippen molar-refractivity contribution in [1.29, 1.82) is 0 Å². The van der Waals surface area contributed by atoms with Gasteiger partial charge >= 0.3 is 12.1 Å². The van der Waals surface area contributed by atoms with Crippen molar-refractivity contribution in [3.8, 4) is 0 Å². The molecule has 2 aromatic heterocycles. The number of hydrogen-bond acceptors (Lipinski definition) is 7. The van der Waals surface area contributed by atoms with Gasteiger partial charge in [-0.15, -0.1) is 0 Å². The number of piperidine rings is 1. The van der Waals surface area contributed by atoms with Crippen molar-refractivity contribution in [3.63, 3.8) is 0 Å². The second-order valence-corrected chi connectivity index (χ2v) is 8.11. The molecule has 1 fully saturated rings. The lowest BCUT2D eigenvalue weighted by Gasteiger charge is -2.37. The Balaban J connectivity index is 1.73. The number of amides is 1. The number of aromatic amines is 1. The average Bonchev–Trinajstić information content (AvgIpc) is 3.32. The highest BCUT2D eigenvalue weighted by Crippen LogP contribution is 2.38. The molecule has 3 heterocycles. The van der Waals surface area contributed by atoms with Crippen molar-refractivity contribution in [2.24, 2.45) is 0 Å². The number of halogens is 4. The van der Waals surface area contributed by atoms with Gasteiger partial charge in [0.25, 0.3) is 5.91 Å². The van der Waals surface area contributed by atoms with E-state index < -0.39 is 40.8 Å². The highest BCUT2D eigenvalue weighted by molar-refractivity contribution is 7.17. The number of aromatic carboxylic acids is 1. The maximum absolute atomic E-state index is 13.1. The van der Waals surface area contributed by atoms with E-state index in [2.05, 4.69) is 20.3 Å². The number of methoxy groups -OCH3 is 1. The van der Waals surface area contributed by atoms with Crippen molar-refractivity contribution in [2.75, 3.05) is 25.1 Å². The number of rotatable bonds is 6. The summed E-state index contributed by atoms with van der Waals surface area (Å²) in [5.74, 6) is -2.12. The Kier molecular flexibility index (Phi) is 6.76. The number of alkyl halides is 3. The number of carboxylic acid groups (broad SMARTS) is 1. The van der Waals surface area contributed by atoms with Crippen LogP contribution in [-0.4, -0.2) is 64.3 Å². The van der Waals surface area contributed by atoms with Crippen LogP contribution in [0.2, 0.25) is 5.15 Å². The van der Waals surface area contributed by atoms with Crippen molar-refractivity contribution in [1.82, 2.24) is 20.3 Å². The molecule has 0 aromatic carbocycles. The zero-order valence-corrected chi connectivity index (χ0v) is 18.0. The van der Waals surface area contributed by atoms with Crippen molar-refractivity contribution < 1.29 is 32.6 Å². The fourth-order valence-corrected chi connectivity index (χ4v) is 4.47. The Morgan fingerprint density at radius 2 is 2.13 bits per heavy atom. The summed E-state index contributed by atoms with van der Waals surface area (Å²) in [6.45, 7) is 2.22. The number of aryl methyl sites for hydroxylation is 1. The third-order valence-electron chi connectivity index (χ3n) is 4.82. The molecule has 3 rings (SSSR count). The van der Waals surface area contributed by atoms with E-state index in [9.17, 15) is 22.8 Å². The zero-order chi connectivity index (χ0) is 22.9. The molecule has 1 saturated heterocycles. The van der Waals surface area contributed by atoms with Gasteiger partial charge in [-0.05, 0) is 12.8 Å². The van der Waals surface area contributed by atoms with Gasteiger partial charge in [-0.3, -0.25) is 4.79 Å². The Labute approximate surface area is 183 Å². The molecule has 0 bridgehead atoms. The Morgan fingerprint density at radius 3 is 2.65 bits per heavy atom. The van der Waals surface area contributed by atoms with Gasteiger partial charge in [-0.2, -0.15) is 13.2 Å². The van der Waals surface area contributed by atoms with Crippen LogP contribution in [0.4, 0.5) is 18.3 Å². The van der Waals surface area contributed by atoms with Gasteiger partial charge in [0.05, 0.1) is 17.8 Å². The lowest BCUT2D eigenvalue weighted by Crippen LogP contribution is -2.55. The van der Waals surface area contributed by atoms with Crippen LogP contribution in [-0.2, 0) is 17.3 Å². The van der Waals surface area contributed by atoms with Crippen LogP contribution in [0.3, 0.4) is 0 Å². The summed E-state index contributed by atoms with van der Waals surface area (Å²) < 4.78 is 44.8. The molecule has 0 spiro atoms. The van der Waals surface area contributed by atoms with E-state index in [0.29, 0.717) is 29.9 Å². The summed E-state index contributed by atoms with van der Waals surface area (Å²) in [6, 6.07) is -0.441. The summed E-state index contributed by atoms with van der Waals surface area (Å²) in [5.41, 5.74) is -0.797. The van der Waals surface area contributed by atoms with E-state index in [1.165, 1.54) is 12.0 Å². The minimum Gasteiger partial charge on any atom is -0.477 e. The third kappa shape index (κ3) is 4.93. The number of H-pyrrole nitrogens is 1. The second-order valence-electron chi connectivity index (χ2n) is 6.77. The fraction of sp³-hybridized carbons (Fsp3) is 0.529. The number of carbonyl (C=O) groups is 2. The molecule has 31 heavy (non-hydrogen) atoms. The molecule has 14 heteroatoms. The second kappa shape index (κ2) is 9.01. The van der Waals surface area contributed by atoms with E-state index in [1.807, 2.05) is 6.92 Å². The van der Waals surface area contributed by atoms with E-state index in [-0.39, 0.29) is 29.2 Å². The minimum absolute atomic E-state index is 0.0555. The lowest BCUT2D eigenvalue weighted by atomic mass is 10.0. The van der Waals surface area contributed by atoms with E-state index in [0.717, 1.165) is 0 Å². The molecule has 170 valence electrons. The predicted molar refractivity (Wildman–Crippen MR) is 106 cm³/mol. The Hall–Kier alpha value is -2.38. The molecule has 1 aliphatic heterocycles. The number of carboxylic acids is 1. The monoisotopic (exact) mass is 481 g/mol. The molecule has 0 aliphatic carbocycles. The van der Waals surface area contributed by atoms with Crippen LogP contribution in [0.25, 0.3) is 0 Å². The molecular formula is C17H19ClF3N5O4S. The quantitative estimate of drug-likeness (QED) is 0.580. The number of aromatic nitrogens is 3. The molecule has 0 radical (unpaired) electrons. The topological polar surface area (TPSA) is 120 Å². The molecule has 9 nitrogen and oxygen atoms in total. The molecule has 0 saturated carbocycles. The zero-order valence-electron chi connectivity index (χ0n) is 16.4. The summed E-state index contributed by atoms with van der Waals surface area (Å²) in [5, 5.41) is 12.0. The summed E-state index contributed by atoms with van der Waals surface area (Å²) in [6.07, 6.45) is -4.54. The van der Waals surface area contributed by atoms with Gasteiger partial charge in [-0.1, -0.05) is 29.9 Å². The first-order valence-corrected chi connectivity index (χ1v) is 10.4. The fourth-order valence-electron chi connectivity index (χ4n) is 3.24. The minimum atomic E-state index is -4.88. The van der Waals surface area contributed by atoms with Crippen LogP contribution < -0.4 is 10.2 Å². The molecule has 2 aromatic rings. The lowest BCUT2D eigenvalue weighted by molar-refractivity contribution is -0.141. The molecule has 1 aliphatic rings. The van der Waals surface area contributed by atoms with Crippen molar-refractivity contribution in [2.45, 2.75) is 38.1 Å². The van der Waals surface area contributed by atoms with Gasteiger partial charge < -0.3 is 25.0 Å². The number of nitrogens with one attached hydrogen (secondary N) is 2. The highest BCUT2D eigenvalue weighted by Gasteiger charge is 2.41.